The third-order valence-corrected chi connectivity index (χ3v) is 5.48. The summed E-state index contributed by atoms with van der Waals surface area (Å²) in [6.07, 6.45) is 9.07. The Kier molecular flexibility index (Phi) is 7.34. The molecule has 1 aliphatic rings. The standard InChI is InChI=1S/C22H33N5O/c1-4-24-22(25-11-6-8-19-7-5-9-20(15-19)28-3)26-13-10-18(2)21(16-26)27-14-12-23-17-27/h5,7,9,12,14-15,17-18,21H,4,6,8,10-11,13,16H2,1-3H3,(H,24,25). The minimum absolute atomic E-state index is 0.442. The van der Waals surface area contributed by atoms with Crippen LogP contribution in [0, 0.1) is 5.92 Å². The normalized spacial score (nSPS) is 20.2. The van der Waals surface area contributed by atoms with E-state index in [2.05, 4.69) is 51.9 Å². The molecule has 1 aromatic heterocycles. The van der Waals surface area contributed by atoms with Crippen molar-refractivity contribution < 1.29 is 4.74 Å². The minimum Gasteiger partial charge on any atom is -0.497 e. The molecule has 0 spiro atoms. The zero-order chi connectivity index (χ0) is 19.8. The van der Waals surface area contributed by atoms with E-state index in [9.17, 15) is 0 Å². The highest BCUT2D eigenvalue weighted by atomic mass is 16.5. The van der Waals surface area contributed by atoms with Gasteiger partial charge in [0.25, 0.3) is 0 Å². The first-order valence-electron chi connectivity index (χ1n) is 10.3. The zero-order valence-electron chi connectivity index (χ0n) is 17.3. The number of ether oxygens (including phenoxy) is 1. The first-order valence-corrected chi connectivity index (χ1v) is 10.3. The summed E-state index contributed by atoms with van der Waals surface area (Å²) in [6.45, 7) is 8.19. The summed E-state index contributed by atoms with van der Waals surface area (Å²) in [5.74, 6) is 2.59. The first kappa shape index (κ1) is 20.2. The summed E-state index contributed by atoms with van der Waals surface area (Å²) >= 11 is 0. The molecule has 2 atom stereocenters. The molecule has 1 fully saturated rings. The van der Waals surface area contributed by atoms with Crippen molar-refractivity contribution in [1.29, 1.82) is 0 Å². The van der Waals surface area contributed by atoms with E-state index >= 15 is 0 Å². The van der Waals surface area contributed by atoms with Crippen LogP contribution in [0.2, 0.25) is 0 Å². The Balaban J connectivity index is 1.58. The van der Waals surface area contributed by atoms with Crippen molar-refractivity contribution in [3.8, 4) is 5.75 Å². The highest BCUT2D eigenvalue weighted by Gasteiger charge is 2.28. The number of nitrogens with one attached hydrogen (secondary N) is 1. The Hall–Kier alpha value is -2.50. The lowest BCUT2D eigenvalue weighted by molar-refractivity contribution is 0.189. The van der Waals surface area contributed by atoms with Crippen molar-refractivity contribution in [2.45, 2.75) is 39.2 Å². The number of piperidine rings is 1. The Labute approximate surface area is 168 Å². The number of hydrogen-bond acceptors (Lipinski definition) is 3. The third-order valence-electron chi connectivity index (χ3n) is 5.48. The molecular formula is C22H33N5O. The molecule has 2 heterocycles. The van der Waals surface area contributed by atoms with Crippen LogP contribution in [0.15, 0.2) is 48.0 Å². The lowest BCUT2D eigenvalue weighted by Gasteiger charge is -2.39. The van der Waals surface area contributed by atoms with Crippen LogP contribution in [0.25, 0.3) is 0 Å². The predicted octanol–water partition coefficient (Wildman–Crippen LogP) is 3.37. The van der Waals surface area contributed by atoms with Crippen molar-refractivity contribution in [2.75, 3.05) is 33.3 Å². The fourth-order valence-electron chi connectivity index (χ4n) is 3.82. The van der Waals surface area contributed by atoms with Gasteiger partial charge in [-0.3, -0.25) is 4.99 Å². The number of imidazole rings is 1. The number of nitrogens with zero attached hydrogens (tertiary/aromatic N) is 4. The number of hydrogen-bond donors (Lipinski definition) is 1. The number of aryl methyl sites for hydroxylation is 1. The Morgan fingerprint density at radius 2 is 2.29 bits per heavy atom. The summed E-state index contributed by atoms with van der Waals surface area (Å²) < 4.78 is 7.55. The smallest absolute Gasteiger partial charge is 0.193 e. The van der Waals surface area contributed by atoms with Gasteiger partial charge >= 0.3 is 0 Å². The van der Waals surface area contributed by atoms with Crippen LogP contribution in [0.4, 0.5) is 0 Å². The second-order valence-corrected chi connectivity index (χ2v) is 7.48. The number of likely N-dealkylation sites (tertiary alicyclic amines) is 1. The molecule has 152 valence electrons. The minimum atomic E-state index is 0.442. The topological polar surface area (TPSA) is 54.7 Å². The summed E-state index contributed by atoms with van der Waals surface area (Å²) in [7, 11) is 1.71. The number of aliphatic imine (C=N–C) groups is 1. The lowest BCUT2D eigenvalue weighted by atomic mass is 9.93. The maximum atomic E-state index is 5.31. The Bertz CT molecular complexity index is 743. The van der Waals surface area contributed by atoms with Gasteiger partial charge < -0.3 is 19.5 Å². The van der Waals surface area contributed by atoms with Crippen LogP contribution in [0.5, 0.6) is 5.75 Å². The van der Waals surface area contributed by atoms with Gasteiger partial charge in [0, 0.05) is 38.6 Å². The molecule has 1 aliphatic heterocycles. The molecule has 0 radical (unpaired) electrons. The van der Waals surface area contributed by atoms with Crippen LogP contribution in [-0.2, 0) is 6.42 Å². The summed E-state index contributed by atoms with van der Waals surface area (Å²) in [5, 5.41) is 3.48. The van der Waals surface area contributed by atoms with Crippen molar-refractivity contribution in [2.24, 2.45) is 10.9 Å². The van der Waals surface area contributed by atoms with Crippen molar-refractivity contribution in [3.63, 3.8) is 0 Å². The Morgan fingerprint density at radius 1 is 1.39 bits per heavy atom. The molecule has 6 nitrogen and oxygen atoms in total. The van der Waals surface area contributed by atoms with Gasteiger partial charge in [0.15, 0.2) is 5.96 Å². The molecule has 0 amide bonds. The van der Waals surface area contributed by atoms with Crippen LogP contribution >= 0.6 is 0 Å². The van der Waals surface area contributed by atoms with Gasteiger partial charge in [-0.25, -0.2) is 4.98 Å². The maximum Gasteiger partial charge on any atom is 0.193 e. The Morgan fingerprint density at radius 3 is 3.04 bits per heavy atom. The number of guanidine groups is 1. The summed E-state index contributed by atoms with van der Waals surface area (Å²) in [4.78, 5) is 11.5. The van der Waals surface area contributed by atoms with Gasteiger partial charge in [-0.2, -0.15) is 0 Å². The quantitative estimate of drug-likeness (QED) is 0.452. The molecule has 1 N–H and O–H groups in total. The van der Waals surface area contributed by atoms with E-state index in [1.165, 1.54) is 5.56 Å². The van der Waals surface area contributed by atoms with E-state index in [1.54, 1.807) is 7.11 Å². The molecule has 0 aliphatic carbocycles. The first-order chi connectivity index (χ1) is 13.7. The van der Waals surface area contributed by atoms with Gasteiger partial charge in [-0.05, 0) is 49.8 Å². The molecule has 2 unspecified atom stereocenters. The van der Waals surface area contributed by atoms with Gasteiger partial charge in [0.1, 0.15) is 5.75 Å². The monoisotopic (exact) mass is 383 g/mol. The van der Waals surface area contributed by atoms with Gasteiger partial charge in [0.2, 0.25) is 0 Å². The van der Waals surface area contributed by atoms with E-state index in [0.717, 1.165) is 57.2 Å². The zero-order valence-corrected chi connectivity index (χ0v) is 17.3. The van der Waals surface area contributed by atoms with E-state index in [1.807, 2.05) is 24.7 Å². The highest BCUT2D eigenvalue weighted by Crippen LogP contribution is 2.27. The molecule has 0 saturated carbocycles. The van der Waals surface area contributed by atoms with E-state index in [4.69, 9.17) is 9.73 Å². The fraction of sp³-hybridized carbons (Fsp3) is 0.545. The van der Waals surface area contributed by atoms with Gasteiger partial charge in [0.05, 0.1) is 19.5 Å². The van der Waals surface area contributed by atoms with Crippen LogP contribution in [0.1, 0.15) is 38.3 Å². The van der Waals surface area contributed by atoms with E-state index < -0.39 is 0 Å². The van der Waals surface area contributed by atoms with Crippen molar-refractivity contribution in [1.82, 2.24) is 19.8 Å². The van der Waals surface area contributed by atoms with E-state index in [0.29, 0.717) is 12.0 Å². The van der Waals surface area contributed by atoms with Crippen LogP contribution in [-0.4, -0.2) is 53.7 Å². The fourth-order valence-corrected chi connectivity index (χ4v) is 3.82. The number of benzene rings is 1. The lowest BCUT2D eigenvalue weighted by Crippen LogP contribution is -2.49. The van der Waals surface area contributed by atoms with E-state index in [-0.39, 0.29) is 0 Å². The number of aromatic nitrogens is 2. The number of rotatable bonds is 7. The molecular weight excluding hydrogens is 350 g/mol. The molecule has 1 aromatic carbocycles. The molecule has 1 saturated heterocycles. The van der Waals surface area contributed by atoms with Crippen LogP contribution < -0.4 is 10.1 Å². The predicted molar refractivity (Wildman–Crippen MR) is 114 cm³/mol. The largest absolute Gasteiger partial charge is 0.497 e. The number of methoxy groups -OCH3 is 1. The summed E-state index contributed by atoms with van der Waals surface area (Å²) in [6, 6.07) is 8.73. The maximum absolute atomic E-state index is 5.31. The average Bonchev–Trinajstić information content (AvgIpc) is 3.25. The van der Waals surface area contributed by atoms with Gasteiger partial charge in [-0.15, -0.1) is 0 Å². The van der Waals surface area contributed by atoms with Crippen LogP contribution in [0.3, 0.4) is 0 Å². The van der Waals surface area contributed by atoms with Crippen molar-refractivity contribution in [3.05, 3.63) is 48.5 Å². The third kappa shape index (κ3) is 5.27. The molecule has 6 heteroatoms. The SMILES string of the molecule is CCNC(=NCCCc1cccc(OC)c1)N1CCC(C)C(n2ccnc2)C1. The molecule has 0 bridgehead atoms. The highest BCUT2D eigenvalue weighted by molar-refractivity contribution is 5.80. The van der Waals surface area contributed by atoms with Crippen molar-refractivity contribution >= 4 is 5.96 Å². The second kappa shape index (κ2) is 10.2. The molecule has 2 aromatic rings. The van der Waals surface area contributed by atoms with Gasteiger partial charge in [-0.1, -0.05) is 19.1 Å². The molecule has 3 rings (SSSR count). The molecule has 28 heavy (non-hydrogen) atoms. The second-order valence-electron chi connectivity index (χ2n) is 7.48. The summed E-state index contributed by atoms with van der Waals surface area (Å²) in [5.41, 5.74) is 1.30. The average molecular weight is 384 g/mol.